The number of esters is 1. The van der Waals surface area contributed by atoms with Crippen LogP contribution in [-0.4, -0.2) is 19.2 Å². The SMILES string of the molecule is CCOC(=O)[C@@H]1[C@@H]2COc3cc(C#N)ccc3[C@@H]21. The van der Waals surface area contributed by atoms with Crippen LogP contribution in [0.4, 0.5) is 0 Å². The fourth-order valence-electron chi connectivity index (χ4n) is 2.76. The largest absolute Gasteiger partial charge is 0.493 e. The van der Waals surface area contributed by atoms with Crippen molar-refractivity contribution in [1.29, 1.82) is 5.26 Å². The highest BCUT2D eigenvalue weighted by molar-refractivity contribution is 5.79. The molecule has 3 rings (SSSR count). The van der Waals surface area contributed by atoms with Crippen molar-refractivity contribution in [2.45, 2.75) is 12.8 Å². The van der Waals surface area contributed by atoms with Gasteiger partial charge in [0, 0.05) is 11.8 Å². The van der Waals surface area contributed by atoms with E-state index >= 15 is 0 Å². The molecule has 0 N–H and O–H groups in total. The van der Waals surface area contributed by atoms with Crippen molar-refractivity contribution in [3.63, 3.8) is 0 Å². The van der Waals surface area contributed by atoms with Gasteiger partial charge in [-0.1, -0.05) is 6.07 Å². The van der Waals surface area contributed by atoms with Crippen LogP contribution in [0.3, 0.4) is 0 Å². The van der Waals surface area contributed by atoms with Crippen molar-refractivity contribution in [3.05, 3.63) is 29.3 Å². The third kappa shape index (κ3) is 1.55. The quantitative estimate of drug-likeness (QED) is 0.744. The predicted molar refractivity (Wildman–Crippen MR) is 63.0 cm³/mol. The van der Waals surface area contributed by atoms with Crippen molar-refractivity contribution >= 4 is 5.97 Å². The normalized spacial score (nSPS) is 27.2. The molecule has 1 aromatic carbocycles. The predicted octanol–water partition coefficient (Wildman–Crippen LogP) is 1.84. The van der Waals surface area contributed by atoms with Crippen LogP contribution in [0.25, 0.3) is 0 Å². The highest BCUT2D eigenvalue weighted by Gasteiger charge is 2.59. The molecule has 4 heteroatoms. The second kappa shape index (κ2) is 4.02. The first-order valence-electron chi connectivity index (χ1n) is 6.09. The van der Waals surface area contributed by atoms with E-state index < -0.39 is 0 Å². The summed E-state index contributed by atoms with van der Waals surface area (Å²) in [4.78, 5) is 11.8. The van der Waals surface area contributed by atoms with Crippen LogP contribution in [0, 0.1) is 23.2 Å². The molecule has 92 valence electrons. The van der Waals surface area contributed by atoms with Crippen molar-refractivity contribution in [2.24, 2.45) is 11.8 Å². The van der Waals surface area contributed by atoms with E-state index in [-0.39, 0.29) is 23.7 Å². The van der Waals surface area contributed by atoms with E-state index in [2.05, 4.69) is 6.07 Å². The lowest BCUT2D eigenvalue weighted by molar-refractivity contribution is -0.145. The number of nitrogens with zero attached hydrogens (tertiary/aromatic N) is 1. The molecule has 1 aliphatic carbocycles. The van der Waals surface area contributed by atoms with Gasteiger partial charge in [0.25, 0.3) is 0 Å². The molecule has 0 amide bonds. The lowest BCUT2D eigenvalue weighted by atomic mass is 10.0. The Labute approximate surface area is 105 Å². The monoisotopic (exact) mass is 243 g/mol. The van der Waals surface area contributed by atoms with Gasteiger partial charge in [0.1, 0.15) is 5.75 Å². The summed E-state index contributed by atoms with van der Waals surface area (Å²) < 4.78 is 10.7. The molecule has 4 nitrogen and oxygen atoms in total. The van der Waals surface area contributed by atoms with Gasteiger partial charge in [-0.3, -0.25) is 4.79 Å². The average Bonchev–Trinajstić information content (AvgIpc) is 3.13. The number of ether oxygens (including phenoxy) is 2. The molecule has 1 fully saturated rings. The van der Waals surface area contributed by atoms with Gasteiger partial charge in [0.2, 0.25) is 0 Å². The van der Waals surface area contributed by atoms with Crippen molar-refractivity contribution in [1.82, 2.24) is 0 Å². The van der Waals surface area contributed by atoms with E-state index in [1.165, 1.54) is 0 Å². The summed E-state index contributed by atoms with van der Waals surface area (Å²) in [5.41, 5.74) is 1.61. The highest BCUT2D eigenvalue weighted by atomic mass is 16.5. The summed E-state index contributed by atoms with van der Waals surface area (Å²) in [6.45, 7) is 2.76. The number of fused-ring (bicyclic) bond motifs is 3. The maximum atomic E-state index is 11.8. The van der Waals surface area contributed by atoms with E-state index in [1.54, 1.807) is 12.1 Å². The Balaban J connectivity index is 1.87. The Bertz CT molecular complexity index is 546. The summed E-state index contributed by atoms with van der Waals surface area (Å²) in [5.74, 6) is 0.986. The zero-order valence-electron chi connectivity index (χ0n) is 10.1. The minimum absolute atomic E-state index is 0.0702. The molecular formula is C14H13NO3. The molecular weight excluding hydrogens is 230 g/mol. The zero-order valence-corrected chi connectivity index (χ0v) is 10.1. The second-order valence-corrected chi connectivity index (χ2v) is 4.64. The van der Waals surface area contributed by atoms with Crippen LogP contribution in [0.2, 0.25) is 0 Å². The highest BCUT2D eigenvalue weighted by Crippen LogP contribution is 2.59. The van der Waals surface area contributed by atoms with Crippen LogP contribution in [-0.2, 0) is 9.53 Å². The number of carbonyl (C=O) groups is 1. The first-order valence-corrected chi connectivity index (χ1v) is 6.09. The van der Waals surface area contributed by atoms with Gasteiger partial charge < -0.3 is 9.47 Å². The lowest BCUT2D eigenvalue weighted by Crippen LogP contribution is -2.10. The van der Waals surface area contributed by atoms with E-state index in [9.17, 15) is 4.79 Å². The molecule has 1 heterocycles. The van der Waals surface area contributed by atoms with Crippen LogP contribution in [0.1, 0.15) is 24.0 Å². The summed E-state index contributed by atoms with van der Waals surface area (Å²) in [5, 5.41) is 8.85. The minimum Gasteiger partial charge on any atom is -0.493 e. The zero-order chi connectivity index (χ0) is 12.7. The lowest BCUT2D eigenvalue weighted by Gasteiger charge is -2.15. The second-order valence-electron chi connectivity index (χ2n) is 4.64. The Kier molecular flexibility index (Phi) is 2.48. The van der Waals surface area contributed by atoms with Crippen molar-refractivity contribution in [2.75, 3.05) is 13.2 Å². The molecule has 0 unspecified atom stereocenters. The summed E-state index contributed by atoms with van der Waals surface area (Å²) in [7, 11) is 0. The molecule has 0 spiro atoms. The van der Waals surface area contributed by atoms with E-state index in [1.807, 2.05) is 13.0 Å². The van der Waals surface area contributed by atoms with Crippen LogP contribution < -0.4 is 4.74 Å². The Hall–Kier alpha value is -2.02. The fraction of sp³-hybridized carbons (Fsp3) is 0.429. The molecule has 1 aromatic rings. The number of rotatable bonds is 2. The third-order valence-corrected chi connectivity index (χ3v) is 3.66. The van der Waals surface area contributed by atoms with Crippen molar-refractivity contribution in [3.8, 4) is 11.8 Å². The molecule has 0 bridgehead atoms. The molecule has 3 atom stereocenters. The molecule has 0 saturated heterocycles. The summed E-state index contributed by atoms with van der Waals surface area (Å²) in [6, 6.07) is 7.49. The maximum Gasteiger partial charge on any atom is 0.309 e. The standard InChI is InChI=1S/C14H13NO3/c1-2-17-14(16)13-10-7-18-11-5-8(6-15)3-4-9(11)12(10)13/h3-5,10,12-13H,2,7H2,1H3/t10-,12+,13-/m1/s1. The smallest absolute Gasteiger partial charge is 0.309 e. The first kappa shape index (κ1) is 11.1. The fourth-order valence-corrected chi connectivity index (χ4v) is 2.76. The van der Waals surface area contributed by atoms with E-state index in [0.717, 1.165) is 11.3 Å². The van der Waals surface area contributed by atoms with Gasteiger partial charge in [-0.05, 0) is 24.6 Å². The van der Waals surface area contributed by atoms with Gasteiger partial charge >= 0.3 is 5.97 Å². The number of nitriles is 1. The van der Waals surface area contributed by atoms with Gasteiger partial charge in [-0.25, -0.2) is 0 Å². The third-order valence-electron chi connectivity index (χ3n) is 3.66. The van der Waals surface area contributed by atoms with Gasteiger partial charge in [0.05, 0.1) is 30.8 Å². The van der Waals surface area contributed by atoms with Crippen LogP contribution in [0.15, 0.2) is 18.2 Å². The molecule has 1 saturated carbocycles. The van der Waals surface area contributed by atoms with E-state index in [0.29, 0.717) is 18.8 Å². The first-order chi connectivity index (χ1) is 8.76. The number of hydrogen-bond acceptors (Lipinski definition) is 4. The van der Waals surface area contributed by atoms with Crippen LogP contribution in [0.5, 0.6) is 5.75 Å². The number of carbonyl (C=O) groups excluding carboxylic acids is 1. The topological polar surface area (TPSA) is 59.3 Å². The Morgan fingerprint density at radius 2 is 2.44 bits per heavy atom. The minimum atomic E-state index is -0.131. The van der Waals surface area contributed by atoms with Gasteiger partial charge in [0.15, 0.2) is 0 Å². The van der Waals surface area contributed by atoms with Gasteiger partial charge in [-0.15, -0.1) is 0 Å². The van der Waals surface area contributed by atoms with Crippen LogP contribution >= 0.6 is 0 Å². The number of benzene rings is 1. The molecule has 0 aromatic heterocycles. The number of hydrogen-bond donors (Lipinski definition) is 0. The maximum absolute atomic E-state index is 11.8. The molecule has 18 heavy (non-hydrogen) atoms. The molecule has 1 aliphatic heterocycles. The Morgan fingerprint density at radius 3 is 3.17 bits per heavy atom. The summed E-state index contributed by atoms with van der Waals surface area (Å²) in [6.07, 6.45) is 0. The molecule has 0 radical (unpaired) electrons. The average molecular weight is 243 g/mol. The van der Waals surface area contributed by atoms with Gasteiger partial charge in [-0.2, -0.15) is 5.26 Å². The van der Waals surface area contributed by atoms with E-state index in [4.69, 9.17) is 14.7 Å². The summed E-state index contributed by atoms with van der Waals surface area (Å²) >= 11 is 0. The van der Waals surface area contributed by atoms with Crippen molar-refractivity contribution < 1.29 is 14.3 Å². The molecule has 2 aliphatic rings. The Morgan fingerprint density at radius 1 is 1.61 bits per heavy atom.